The molecule has 0 N–H and O–H groups in total. The van der Waals surface area contributed by atoms with E-state index in [2.05, 4.69) is 0 Å². The van der Waals surface area contributed by atoms with Crippen molar-refractivity contribution in [2.24, 2.45) is 0 Å². The van der Waals surface area contributed by atoms with Gasteiger partial charge in [-0.15, -0.1) is 23.1 Å². The smallest absolute Gasteiger partial charge is 0.434 e. The van der Waals surface area contributed by atoms with E-state index in [1.165, 1.54) is 11.3 Å². The van der Waals surface area contributed by atoms with Crippen LogP contribution in [-0.2, 0) is 10.5 Å². The topological polar surface area (TPSA) is 57.0 Å². The summed E-state index contributed by atoms with van der Waals surface area (Å²) < 4.78 is 39.4. The van der Waals surface area contributed by atoms with Crippen molar-refractivity contribution in [2.45, 2.75) is 17.6 Å². The van der Waals surface area contributed by atoms with Crippen molar-refractivity contribution in [3.05, 3.63) is 39.0 Å². The van der Waals surface area contributed by atoms with Gasteiger partial charge in [-0.2, -0.15) is 0 Å². The standard InChI is InChI=1S/C15H9F2NO4S2/c1-2-21-15(20)22-12-11(19)7-3-8(16)9(17)13-10(7)18-6(4-23-13)5-24-14(12)18/h3,5H,2,4H2,1H3. The fraction of sp³-hybridized carbons (Fsp3) is 0.200. The molecule has 0 bridgehead atoms. The van der Waals surface area contributed by atoms with Crippen molar-refractivity contribution >= 4 is 45.0 Å². The lowest BCUT2D eigenvalue weighted by Crippen LogP contribution is -2.19. The van der Waals surface area contributed by atoms with Crippen LogP contribution in [0.3, 0.4) is 0 Å². The summed E-state index contributed by atoms with van der Waals surface area (Å²) in [7, 11) is 0. The Morgan fingerprint density at radius 3 is 2.96 bits per heavy atom. The summed E-state index contributed by atoms with van der Waals surface area (Å²) in [5.74, 6) is -1.90. The van der Waals surface area contributed by atoms with Gasteiger partial charge in [0.15, 0.2) is 11.6 Å². The van der Waals surface area contributed by atoms with Crippen molar-refractivity contribution in [3.63, 3.8) is 0 Å². The SMILES string of the molecule is CCOC(=O)Oc1c(=O)c2cc(F)c(F)c3c2n2c(csc12)CS3. The molecular weight excluding hydrogens is 360 g/mol. The Hall–Kier alpha value is -2.13. The number of carbonyl (C=O) groups is 1. The van der Waals surface area contributed by atoms with Crippen LogP contribution < -0.4 is 10.2 Å². The number of rotatable bonds is 2. The van der Waals surface area contributed by atoms with Crippen LogP contribution in [-0.4, -0.2) is 17.2 Å². The summed E-state index contributed by atoms with van der Waals surface area (Å²) in [6.45, 7) is 1.69. The Morgan fingerprint density at radius 2 is 2.21 bits per heavy atom. The van der Waals surface area contributed by atoms with E-state index in [4.69, 9.17) is 9.47 Å². The number of nitrogens with zero attached hydrogens (tertiary/aromatic N) is 1. The number of pyridine rings is 1. The maximum atomic E-state index is 14.1. The third kappa shape index (κ3) is 2.04. The Balaban J connectivity index is 2.12. The zero-order valence-electron chi connectivity index (χ0n) is 12.2. The number of halogens is 2. The molecule has 3 heterocycles. The number of aromatic nitrogens is 1. The first-order valence-electron chi connectivity index (χ1n) is 6.97. The van der Waals surface area contributed by atoms with Gasteiger partial charge >= 0.3 is 6.16 Å². The molecule has 0 fully saturated rings. The van der Waals surface area contributed by atoms with Gasteiger partial charge in [0.25, 0.3) is 0 Å². The van der Waals surface area contributed by atoms with Crippen molar-refractivity contribution in [2.75, 3.05) is 6.61 Å². The molecule has 4 rings (SSSR count). The van der Waals surface area contributed by atoms with Crippen LogP contribution in [0.4, 0.5) is 13.6 Å². The maximum Gasteiger partial charge on any atom is 0.514 e. The normalized spacial score (nSPS) is 13.0. The van der Waals surface area contributed by atoms with E-state index in [9.17, 15) is 18.4 Å². The summed E-state index contributed by atoms with van der Waals surface area (Å²) in [5.41, 5.74) is 0.448. The molecule has 5 nitrogen and oxygen atoms in total. The molecule has 9 heteroatoms. The highest BCUT2D eigenvalue weighted by Crippen LogP contribution is 2.41. The number of ether oxygens (including phenoxy) is 2. The molecule has 124 valence electrons. The zero-order valence-corrected chi connectivity index (χ0v) is 13.9. The Kier molecular flexibility index (Phi) is 3.50. The summed E-state index contributed by atoms with van der Waals surface area (Å²) in [5, 5.41) is 1.76. The Morgan fingerprint density at radius 1 is 1.42 bits per heavy atom. The minimum atomic E-state index is -1.11. The average molecular weight is 369 g/mol. The predicted octanol–water partition coefficient (Wildman–Crippen LogP) is 3.93. The Bertz CT molecular complexity index is 1070. The first-order chi connectivity index (χ1) is 11.5. The molecular formula is C15H9F2NO4S2. The summed E-state index contributed by atoms with van der Waals surface area (Å²) in [4.78, 5) is 24.8. The summed E-state index contributed by atoms with van der Waals surface area (Å²) in [6.07, 6.45) is -1.01. The molecule has 1 aromatic carbocycles. The van der Waals surface area contributed by atoms with Crippen LogP contribution in [0, 0.1) is 11.6 Å². The van der Waals surface area contributed by atoms with Crippen LogP contribution >= 0.6 is 23.1 Å². The van der Waals surface area contributed by atoms with Gasteiger partial charge in [0, 0.05) is 16.8 Å². The van der Waals surface area contributed by atoms with Gasteiger partial charge in [0.2, 0.25) is 11.2 Å². The predicted molar refractivity (Wildman–Crippen MR) is 86.2 cm³/mol. The van der Waals surface area contributed by atoms with Crippen LogP contribution in [0.5, 0.6) is 5.75 Å². The number of hydrogen-bond donors (Lipinski definition) is 0. The van der Waals surface area contributed by atoms with E-state index in [-0.39, 0.29) is 22.6 Å². The highest BCUT2D eigenvalue weighted by Gasteiger charge is 2.28. The lowest BCUT2D eigenvalue weighted by atomic mass is 10.2. The molecule has 2 aromatic heterocycles. The van der Waals surface area contributed by atoms with Crippen molar-refractivity contribution in [1.82, 2.24) is 4.40 Å². The highest BCUT2D eigenvalue weighted by atomic mass is 32.2. The van der Waals surface area contributed by atoms with Gasteiger partial charge in [-0.3, -0.25) is 9.20 Å². The molecule has 0 spiro atoms. The van der Waals surface area contributed by atoms with Crippen molar-refractivity contribution in [1.29, 1.82) is 0 Å². The van der Waals surface area contributed by atoms with Crippen LogP contribution in [0.1, 0.15) is 12.6 Å². The molecule has 0 aliphatic carbocycles. The number of hydrogen-bond acceptors (Lipinski definition) is 6. The minimum Gasteiger partial charge on any atom is -0.434 e. The van der Waals surface area contributed by atoms with Crippen LogP contribution in [0.15, 0.2) is 21.1 Å². The molecule has 0 atom stereocenters. The first kappa shape index (κ1) is 15.4. The molecule has 0 amide bonds. The van der Waals surface area contributed by atoms with Gasteiger partial charge in [-0.05, 0) is 13.0 Å². The van der Waals surface area contributed by atoms with E-state index in [1.807, 2.05) is 0 Å². The molecule has 0 unspecified atom stereocenters. The van der Waals surface area contributed by atoms with E-state index < -0.39 is 23.2 Å². The first-order valence-corrected chi connectivity index (χ1v) is 8.83. The molecule has 24 heavy (non-hydrogen) atoms. The van der Waals surface area contributed by atoms with Crippen LogP contribution in [0.25, 0.3) is 15.7 Å². The quantitative estimate of drug-likeness (QED) is 0.641. The van der Waals surface area contributed by atoms with E-state index in [0.29, 0.717) is 16.1 Å². The number of thiazole rings is 1. The number of carbonyl (C=O) groups excluding carboxylic acids is 1. The van der Waals surface area contributed by atoms with Gasteiger partial charge in [-0.1, -0.05) is 0 Å². The second kappa shape index (κ2) is 5.45. The maximum absolute atomic E-state index is 14.1. The molecule has 0 saturated heterocycles. The average Bonchev–Trinajstić information content (AvgIpc) is 2.98. The third-order valence-electron chi connectivity index (χ3n) is 3.63. The largest absolute Gasteiger partial charge is 0.514 e. The van der Waals surface area contributed by atoms with Gasteiger partial charge in [0.05, 0.1) is 22.4 Å². The fourth-order valence-corrected chi connectivity index (χ4v) is 4.83. The fourth-order valence-electron chi connectivity index (χ4n) is 2.66. The molecule has 1 aliphatic rings. The van der Waals surface area contributed by atoms with Gasteiger partial charge in [-0.25, -0.2) is 13.6 Å². The van der Waals surface area contributed by atoms with Gasteiger partial charge < -0.3 is 9.47 Å². The lowest BCUT2D eigenvalue weighted by Gasteiger charge is -2.18. The molecule has 0 saturated carbocycles. The summed E-state index contributed by atoms with van der Waals surface area (Å²) >= 11 is 2.33. The third-order valence-corrected chi connectivity index (χ3v) is 5.71. The molecule has 3 aromatic rings. The number of thioether (sulfide) groups is 1. The second-order valence-corrected chi connectivity index (χ2v) is 6.84. The molecule has 0 radical (unpaired) electrons. The summed E-state index contributed by atoms with van der Waals surface area (Å²) in [6, 6.07) is 0.842. The number of benzene rings is 1. The van der Waals surface area contributed by atoms with Crippen LogP contribution in [0.2, 0.25) is 0 Å². The minimum absolute atomic E-state index is 0.0347. The zero-order chi connectivity index (χ0) is 17.0. The van der Waals surface area contributed by atoms with Crippen molar-refractivity contribution < 1.29 is 23.0 Å². The van der Waals surface area contributed by atoms with Crippen molar-refractivity contribution in [3.8, 4) is 5.75 Å². The van der Waals surface area contributed by atoms with E-state index in [0.717, 1.165) is 23.5 Å². The lowest BCUT2D eigenvalue weighted by molar-refractivity contribution is 0.104. The highest BCUT2D eigenvalue weighted by molar-refractivity contribution is 7.98. The molecule has 1 aliphatic heterocycles. The van der Waals surface area contributed by atoms with E-state index in [1.54, 1.807) is 16.7 Å². The Labute approximate surface area is 141 Å². The van der Waals surface area contributed by atoms with E-state index >= 15 is 0 Å². The van der Waals surface area contributed by atoms with Gasteiger partial charge in [0.1, 0.15) is 4.83 Å². The second-order valence-electron chi connectivity index (χ2n) is 5.00. The monoisotopic (exact) mass is 369 g/mol.